The molecule has 0 amide bonds. The van der Waals surface area contributed by atoms with Crippen molar-refractivity contribution >= 4 is 27.3 Å². The molecular weight excluding hydrogens is 341 g/mol. The van der Waals surface area contributed by atoms with E-state index in [2.05, 4.69) is 34.2 Å². The van der Waals surface area contributed by atoms with E-state index >= 15 is 0 Å². The molecule has 0 bridgehead atoms. The van der Waals surface area contributed by atoms with E-state index in [4.69, 9.17) is 4.74 Å². The molecule has 0 radical (unpaired) electrons. The van der Waals surface area contributed by atoms with E-state index in [9.17, 15) is 4.39 Å². The highest BCUT2D eigenvalue weighted by Gasteiger charge is 2.17. The van der Waals surface area contributed by atoms with Gasteiger partial charge in [-0.05, 0) is 58.7 Å². The van der Waals surface area contributed by atoms with Gasteiger partial charge in [-0.3, -0.25) is 0 Å². The van der Waals surface area contributed by atoms with Crippen LogP contribution in [0.15, 0.2) is 34.1 Å². The monoisotopic (exact) mass is 357 g/mol. The molecule has 0 fully saturated rings. The summed E-state index contributed by atoms with van der Waals surface area (Å²) in [6, 6.07) is 9.19. The lowest BCUT2D eigenvalue weighted by Gasteiger charge is -2.18. The topological polar surface area (TPSA) is 21.3 Å². The molecule has 5 heteroatoms. The number of thiophene rings is 1. The Morgan fingerprint density at radius 2 is 2.15 bits per heavy atom. The Balaban J connectivity index is 2.35. The summed E-state index contributed by atoms with van der Waals surface area (Å²) in [6.45, 7) is 3.03. The van der Waals surface area contributed by atoms with Gasteiger partial charge in [0.2, 0.25) is 0 Å². The van der Waals surface area contributed by atoms with Crippen LogP contribution in [0.1, 0.15) is 29.8 Å². The van der Waals surface area contributed by atoms with Crippen molar-refractivity contribution in [3.63, 3.8) is 0 Å². The van der Waals surface area contributed by atoms with Crippen LogP contribution in [-0.4, -0.2) is 13.7 Å². The highest BCUT2D eigenvalue weighted by Crippen LogP contribution is 2.33. The molecule has 1 atom stereocenters. The van der Waals surface area contributed by atoms with E-state index in [1.54, 1.807) is 23.5 Å². The molecule has 0 aliphatic heterocycles. The number of rotatable bonds is 6. The van der Waals surface area contributed by atoms with Crippen LogP contribution in [0.4, 0.5) is 4.39 Å². The molecule has 0 spiro atoms. The summed E-state index contributed by atoms with van der Waals surface area (Å²) in [5.74, 6) is -0.0562. The smallest absolute Gasteiger partial charge is 0.165 e. The number of nitrogens with one attached hydrogen (secondary N) is 1. The number of benzene rings is 1. The van der Waals surface area contributed by atoms with Crippen LogP contribution in [0.5, 0.6) is 5.75 Å². The summed E-state index contributed by atoms with van der Waals surface area (Å²) in [5.41, 5.74) is 1.01. The van der Waals surface area contributed by atoms with E-state index in [1.807, 2.05) is 6.07 Å². The van der Waals surface area contributed by atoms with Gasteiger partial charge >= 0.3 is 0 Å². The van der Waals surface area contributed by atoms with Crippen molar-refractivity contribution in [3.8, 4) is 5.75 Å². The molecule has 0 aliphatic rings. The summed E-state index contributed by atoms with van der Waals surface area (Å²) in [4.78, 5) is 1.19. The van der Waals surface area contributed by atoms with Crippen molar-refractivity contribution in [1.29, 1.82) is 0 Å². The Kier molecular flexibility index (Phi) is 5.57. The molecule has 108 valence electrons. The van der Waals surface area contributed by atoms with Crippen molar-refractivity contribution in [1.82, 2.24) is 5.32 Å². The van der Waals surface area contributed by atoms with Gasteiger partial charge in [-0.15, -0.1) is 11.3 Å². The fraction of sp³-hybridized carbons (Fsp3) is 0.333. The third-order valence-corrected chi connectivity index (χ3v) is 4.67. The summed E-state index contributed by atoms with van der Waals surface area (Å²) in [5, 5.41) is 3.50. The maximum Gasteiger partial charge on any atom is 0.165 e. The lowest BCUT2D eigenvalue weighted by atomic mass is 10.0. The van der Waals surface area contributed by atoms with Crippen LogP contribution in [0.2, 0.25) is 0 Å². The molecule has 1 unspecified atom stereocenters. The molecule has 1 N–H and O–H groups in total. The molecule has 1 aromatic carbocycles. The van der Waals surface area contributed by atoms with Crippen LogP contribution in [0.25, 0.3) is 0 Å². The third-order valence-electron chi connectivity index (χ3n) is 2.99. The molecular formula is C15H17BrFNOS. The summed E-state index contributed by atoms with van der Waals surface area (Å²) >= 11 is 5.17. The molecule has 20 heavy (non-hydrogen) atoms. The standard InChI is InChI=1S/C15H17BrFNOS/c1-3-8-18-15(13-6-7-14(16)20-13)10-4-5-11(17)12(9-10)19-2/h4-7,9,15,18H,3,8H2,1-2H3. The average molecular weight is 358 g/mol. The van der Waals surface area contributed by atoms with Crippen LogP contribution < -0.4 is 10.1 Å². The van der Waals surface area contributed by atoms with Gasteiger partial charge in [-0.1, -0.05) is 13.0 Å². The predicted octanol–water partition coefficient (Wildman–Crippen LogP) is 4.75. The molecule has 0 aliphatic carbocycles. The van der Waals surface area contributed by atoms with Crippen molar-refractivity contribution in [2.45, 2.75) is 19.4 Å². The number of ether oxygens (including phenoxy) is 1. The van der Waals surface area contributed by atoms with Gasteiger partial charge in [0.25, 0.3) is 0 Å². The Morgan fingerprint density at radius 1 is 1.35 bits per heavy atom. The van der Waals surface area contributed by atoms with Gasteiger partial charge in [0.05, 0.1) is 16.9 Å². The normalized spacial score (nSPS) is 12.4. The Bertz CT molecular complexity index is 573. The van der Waals surface area contributed by atoms with Crippen molar-refractivity contribution in [2.75, 3.05) is 13.7 Å². The van der Waals surface area contributed by atoms with E-state index in [0.29, 0.717) is 0 Å². The highest BCUT2D eigenvalue weighted by atomic mass is 79.9. The SMILES string of the molecule is CCCNC(c1ccc(F)c(OC)c1)c1ccc(Br)s1. The molecule has 1 heterocycles. The minimum absolute atomic E-state index is 0.0562. The van der Waals surface area contributed by atoms with Crippen LogP contribution in [0.3, 0.4) is 0 Å². The average Bonchev–Trinajstić information content (AvgIpc) is 2.87. The number of methoxy groups -OCH3 is 1. The zero-order valence-electron chi connectivity index (χ0n) is 11.5. The second kappa shape index (κ2) is 7.20. The first-order valence-electron chi connectivity index (χ1n) is 6.47. The zero-order chi connectivity index (χ0) is 14.5. The van der Waals surface area contributed by atoms with Gasteiger partial charge < -0.3 is 10.1 Å². The fourth-order valence-electron chi connectivity index (χ4n) is 2.01. The maximum atomic E-state index is 13.5. The maximum absolute atomic E-state index is 13.5. The lowest BCUT2D eigenvalue weighted by molar-refractivity contribution is 0.385. The number of halogens is 2. The number of hydrogen-bond acceptors (Lipinski definition) is 3. The van der Waals surface area contributed by atoms with Crippen LogP contribution in [-0.2, 0) is 0 Å². The molecule has 2 aromatic rings. The molecule has 0 saturated heterocycles. The summed E-state index contributed by atoms with van der Waals surface area (Å²) in [6.07, 6.45) is 1.04. The van der Waals surface area contributed by atoms with Crippen LogP contribution in [0, 0.1) is 5.82 Å². The Morgan fingerprint density at radius 3 is 2.75 bits per heavy atom. The van der Waals surface area contributed by atoms with Gasteiger partial charge in [0.15, 0.2) is 11.6 Å². The third kappa shape index (κ3) is 3.59. The van der Waals surface area contributed by atoms with Crippen LogP contribution >= 0.6 is 27.3 Å². The number of hydrogen-bond donors (Lipinski definition) is 1. The lowest BCUT2D eigenvalue weighted by Crippen LogP contribution is -2.22. The minimum Gasteiger partial charge on any atom is -0.494 e. The van der Waals surface area contributed by atoms with E-state index < -0.39 is 0 Å². The molecule has 1 aromatic heterocycles. The van der Waals surface area contributed by atoms with Crippen molar-refractivity contribution < 1.29 is 9.13 Å². The van der Waals surface area contributed by atoms with E-state index in [0.717, 1.165) is 22.3 Å². The Labute approximate surface area is 131 Å². The molecule has 2 rings (SSSR count). The molecule has 0 saturated carbocycles. The van der Waals surface area contributed by atoms with Gasteiger partial charge in [0.1, 0.15) is 0 Å². The minimum atomic E-state index is -0.335. The summed E-state index contributed by atoms with van der Waals surface area (Å²) < 4.78 is 19.7. The van der Waals surface area contributed by atoms with Gasteiger partial charge in [-0.2, -0.15) is 0 Å². The highest BCUT2D eigenvalue weighted by molar-refractivity contribution is 9.11. The first kappa shape index (κ1) is 15.5. The second-order valence-electron chi connectivity index (χ2n) is 4.42. The predicted molar refractivity (Wildman–Crippen MR) is 85.1 cm³/mol. The first-order valence-corrected chi connectivity index (χ1v) is 8.08. The Hall–Kier alpha value is -0.910. The molecule has 2 nitrogen and oxygen atoms in total. The van der Waals surface area contributed by atoms with Gasteiger partial charge in [0, 0.05) is 4.88 Å². The largest absolute Gasteiger partial charge is 0.494 e. The van der Waals surface area contributed by atoms with Gasteiger partial charge in [-0.25, -0.2) is 4.39 Å². The van der Waals surface area contributed by atoms with Crippen molar-refractivity contribution in [3.05, 3.63) is 50.4 Å². The van der Waals surface area contributed by atoms with E-state index in [1.165, 1.54) is 18.1 Å². The van der Waals surface area contributed by atoms with Crippen molar-refractivity contribution in [2.24, 2.45) is 0 Å². The quantitative estimate of drug-likeness (QED) is 0.805. The first-order chi connectivity index (χ1) is 9.65. The summed E-state index contributed by atoms with van der Waals surface area (Å²) in [7, 11) is 1.48. The van der Waals surface area contributed by atoms with E-state index in [-0.39, 0.29) is 17.6 Å². The fourth-order valence-corrected chi connectivity index (χ4v) is 3.54. The zero-order valence-corrected chi connectivity index (χ0v) is 13.9. The second-order valence-corrected chi connectivity index (χ2v) is 6.92.